The lowest BCUT2D eigenvalue weighted by atomic mass is 9.81. The summed E-state index contributed by atoms with van der Waals surface area (Å²) in [6, 6.07) is 0.772. The van der Waals surface area contributed by atoms with Gasteiger partial charge in [0.05, 0.1) is 35.9 Å². The number of rotatable bonds is 11. The molecule has 0 bridgehead atoms. The van der Waals surface area contributed by atoms with Gasteiger partial charge in [-0.25, -0.2) is 27.1 Å². The molecule has 13 heteroatoms. The number of amides is 2. The Labute approximate surface area is 233 Å². The molecule has 41 heavy (non-hydrogen) atoms. The maximum atomic E-state index is 14.0. The van der Waals surface area contributed by atoms with Crippen LogP contribution in [-0.2, 0) is 4.79 Å². The summed E-state index contributed by atoms with van der Waals surface area (Å²) in [6.07, 6.45) is 4.87. The molecule has 3 aliphatic rings. The predicted octanol–water partition coefficient (Wildman–Crippen LogP) is 5.50. The number of alkyl halides is 4. The zero-order valence-electron chi connectivity index (χ0n) is 22.4. The minimum Gasteiger partial charge on any atom is -0.364 e. The summed E-state index contributed by atoms with van der Waals surface area (Å²) >= 11 is 0. The molecule has 3 aromatic rings. The van der Waals surface area contributed by atoms with Crippen LogP contribution in [0.15, 0.2) is 29.2 Å². The Balaban J connectivity index is 1.26. The zero-order valence-corrected chi connectivity index (χ0v) is 22.4. The van der Waals surface area contributed by atoms with E-state index in [2.05, 4.69) is 20.9 Å². The summed E-state index contributed by atoms with van der Waals surface area (Å²) in [5.41, 5.74) is 2.62. The van der Waals surface area contributed by atoms with Crippen molar-refractivity contribution >= 4 is 17.5 Å². The molecular weight excluding hydrogens is 544 g/mol. The molecule has 2 atom stereocenters. The monoisotopic (exact) mass is 576 g/mol. The highest BCUT2D eigenvalue weighted by Gasteiger charge is 2.40. The van der Waals surface area contributed by atoms with E-state index in [0.717, 1.165) is 25.7 Å². The van der Waals surface area contributed by atoms with Gasteiger partial charge in [-0.1, -0.05) is 5.16 Å². The third-order valence-electron chi connectivity index (χ3n) is 8.36. The first-order valence-corrected chi connectivity index (χ1v) is 14.2. The summed E-state index contributed by atoms with van der Waals surface area (Å²) in [6.45, 7) is 0. The van der Waals surface area contributed by atoms with Crippen LogP contribution in [0.5, 0.6) is 0 Å². The van der Waals surface area contributed by atoms with Gasteiger partial charge < -0.3 is 15.2 Å². The van der Waals surface area contributed by atoms with Crippen molar-refractivity contribution in [3.8, 4) is 0 Å². The molecule has 3 saturated carbocycles. The van der Waals surface area contributed by atoms with E-state index in [0.29, 0.717) is 28.2 Å². The van der Waals surface area contributed by atoms with Crippen LogP contribution in [0, 0.1) is 11.8 Å². The highest BCUT2D eigenvalue weighted by atomic mass is 19.3. The van der Waals surface area contributed by atoms with Crippen molar-refractivity contribution in [1.82, 2.24) is 30.4 Å². The molecule has 0 aromatic carbocycles. The number of nitrogens with zero attached hydrogens (tertiary/aromatic N) is 4. The normalized spacial score (nSPS) is 20.7. The molecular formula is C28H32F4N6O3. The molecule has 9 nitrogen and oxygen atoms in total. The third kappa shape index (κ3) is 6.38. The second-order valence-corrected chi connectivity index (χ2v) is 11.6. The van der Waals surface area contributed by atoms with E-state index in [-0.39, 0.29) is 61.8 Å². The fourth-order valence-electron chi connectivity index (χ4n) is 5.73. The second kappa shape index (κ2) is 11.1. The third-order valence-corrected chi connectivity index (χ3v) is 8.36. The fraction of sp³-hybridized carbons (Fsp3) is 0.607. The minimum atomic E-state index is -2.73. The highest BCUT2D eigenvalue weighted by Crippen LogP contribution is 2.44. The molecule has 2 N–H and O–H groups in total. The lowest BCUT2D eigenvalue weighted by molar-refractivity contribution is -0.122. The molecule has 3 aromatic heterocycles. The summed E-state index contributed by atoms with van der Waals surface area (Å²) < 4.78 is 59.8. The van der Waals surface area contributed by atoms with E-state index in [1.807, 2.05) is 0 Å². The Bertz CT molecular complexity index is 1410. The van der Waals surface area contributed by atoms with Crippen LogP contribution in [-0.4, -0.2) is 43.9 Å². The molecule has 3 heterocycles. The van der Waals surface area contributed by atoms with Crippen molar-refractivity contribution in [2.45, 2.75) is 94.6 Å². The Morgan fingerprint density at radius 1 is 1.05 bits per heavy atom. The van der Waals surface area contributed by atoms with Gasteiger partial charge in [0.2, 0.25) is 18.3 Å². The summed E-state index contributed by atoms with van der Waals surface area (Å²) in [7, 11) is 0. The largest absolute Gasteiger partial charge is 0.364 e. The number of halogens is 4. The van der Waals surface area contributed by atoms with Crippen LogP contribution in [0.4, 0.5) is 17.6 Å². The topological polar surface area (TPSA) is 114 Å². The smallest absolute Gasteiger partial charge is 0.257 e. The molecule has 0 spiro atoms. The fourth-order valence-corrected chi connectivity index (χ4v) is 5.73. The Kier molecular flexibility index (Phi) is 7.45. The van der Waals surface area contributed by atoms with Crippen molar-refractivity contribution in [2.24, 2.45) is 11.8 Å². The van der Waals surface area contributed by atoms with E-state index in [1.54, 1.807) is 23.0 Å². The Morgan fingerprint density at radius 3 is 2.46 bits per heavy atom. The summed E-state index contributed by atoms with van der Waals surface area (Å²) in [5.74, 6) is -3.45. The number of hydrogen-bond donors (Lipinski definition) is 2. The van der Waals surface area contributed by atoms with Crippen LogP contribution in [0.1, 0.15) is 110 Å². The van der Waals surface area contributed by atoms with Crippen molar-refractivity contribution in [1.29, 1.82) is 0 Å². The van der Waals surface area contributed by atoms with Gasteiger partial charge in [-0.3, -0.25) is 9.59 Å². The predicted molar refractivity (Wildman–Crippen MR) is 137 cm³/mol. The maximum absolute atomic E-state index is 14.0. The van der Waals surface area contributed by atoms with Gasteiger partial charge in [0.15, 0.2) is 5.65 Å². The van der Waals surface area contributed by atoms with Gasteiger partial charge in [-0.2, -0.15) is 5.10 Å². The van der Waals surface area contributed by atoms with Crippen LogP contribution >= 0.6 is 0 Å². The van der Waals surface area contributed by atoms with E-state index in [4.69, 9.17) is 9.51 Å². The van der Waals surface area contributed by atoms with Crippen molar-refractivity contribution in [3.05, 3.63) is 47.2 Å². The van der Waals surface area contributed by atoms with E-state index < -0.39 is 30.7 Å². The highest BCUT2D eigenvalue weighted by molar-refractivity contribution is 5.95. The van der Waals surface area contributed by atoms with E-state index in [9.17, 15) is 27.2 Å². The van der Waals surface area contributed by atoms with Crippen LogP contribution < -0.4 is 10.6 Å². The first-order valence-electron chi connectivity index (χ1n) is 14.2. The number of carbonyl (C=O) groups is 2. The van der Waals surface area contributed by atoms with Crippen LogP contribution in [0.2, 0.25) is 0 Å². The lowest BCUT2D eigenvalue weighted by Gasteiger charge is -2.33. The van der Waals surface area contributed by atoms with Gasteiger partial charge in [0.1, 0.15) is 11.8 Å². The number of aromatic nitrogens is 4. The summed E-state index contributed by atoms with van der Waals surface area (Å²) in [5, 5.41) is 14.4. The van der Waals surface area contributed by atoms with Gasteiger partial charge in [0.25, 0.3) is 5.91 Å². The van der Waals surface area contributed by atoms with Crippen molar-refractivity contribution in [2.75, 3.05) is 0 Å². The van der Waals surface area contributed by atoms with Crippen molar-refractivity contribution < 1.29 is 31.7 Å². The number of nitrogens with one attached hydrogen (secondary N) is 2. The average Bonchev–Trinajstić information content (AvgIpc) is 3.87. The molecule has 0 saturated heterocycles. The number of fused-ring (bicyclic) bond motifs is 1. The molecule has 3 fully saturated rings. The number of carbonyl (C=O) groups excluding carboxylic acids is 2. The first kappa shape index (κ1) is 27.6. The lowest BCUT2D eigenvalue weighted by Crippen LogP contribution is -2.37. The quantitative estimate of drug-likeness (QED) is 0.291. The second-order valence-electron chi connectivity index (χ2n) is 11.6. The number of imidazole rings is 1. The molecule has 0 radical (unpaired) electrons. The van der Waals surface area contributed by atoms with Gasteiger partial charge in [-0.05, 0) is 62.0 Å². The zero-order chi connectivity index (χ0) is 28.7. The number of hydrogen-bond acceptors (Lipinski definition) is 6. The molecule has 220 valence electrons. The molecule has 6 rings (SSSR count). The Hall–Kier alpha value is -3.51. The first-order chi connectivity index (χ1) is 19.7. The maximum Gasteiger partial charge on any atom is 0.257 e. The van der Waals surface area contributed by atoms with E-state index in [1.165, 1.54) is 6.26 Å². The molecule has 0 aliphatic heterocycles. The SMILES string of the molecule is O=C(CCC(F)F)N[C@@H](c1cnn2cc([C@@H](NC(=O)c3conc3C3CC3)C3CCC(F)(F)CC3)nc2c1)C1CC1. The standard InChI is InChI=1S/C28H32F4N6O3/c29-21(30)5-6-23(39)35-24(15-1-2-15)18-11-22-34-20(13-38(22)33-12-18)26(17-7-9-28(31,32)10-8-17)36-27(40)19-14-41-37-25(19)16-3-4-16/h11-17,21,24,26H,1-10H2,(H,35,39)(H,36,40)/t24-,26+/m1/s1. The molecule has 2 amide bonds. The molecule has 0 unspecified atom stereocenters. The minimum absolute atomic E-state index is 0.185. The van der Waals surface area contributed by atoms with Crippen LogP contribution in [0.25, 0.3) is 5.65 Å². The Morgan fingerprint density at radius 2 is 1.78 bits per heavy atom. The van der Waals surface area contributed by atoms with Gasteiger partial charge in [-0.15, -0.1) is 0 Å². The van der Waals surface area contributed by atoms with Crippen molar-refractivity contribution in [3.63, 3.8) is 0 Å². The van der Waals surface area contributed by atoms with E-state index >= 15 is 0 Å². The van der Waals surface area contributed by atoms with Gasteiger partial charge >= 0.3 is 0 Å². The molecule has 3 aliphatic carbocycles. The average molecular weight is 577 g/mol. The summed E-state index contributed by atoms with van der Waals surface area (Å²) in [4.78, 5) is 30.4. The van der Waals surface area contributed by atoms with Crippen LogP contribution in [0.3, 0.4) is 0 Å². The van der Waals surface area contributed by atoms with Gasteiger partial charge in [0, 0.05) is 31.6 Å².